The second kappa shape index (κ2) is 12.6. The first kappa shape index (κ1) is 27.9. The van der Waals surface area contributed by atoms with Gasteiger partial charge in [0, 0.05) is 19.2 Å². The van der Waals surface area contributed by atoms with E-state index in [1.54, 1.807) is 60.7 Å². The lowest BCUT2D eigenvalue weighted by molar-refractivity contribution is -0.140. The zero-order chi connectivity index (χ0) is 27.9. The van der Waals surface area contributed by atoms with E-state index in [1.165, 1.54) is 24.1 Å². The van der Waals surface area contributed by atoms with Crippen LogP contribution in [0.3, 0.4) is 0 Å². The molecule has 0 saturated carbocycles. The average Bonchev–Trinajstić information content (AvgIpc) is 3.19. The molecule has 204 valence electrons. The predicted octanol–water partition coefficient (Wildman–Crippen LogP) is 5.51. The summed E-state index contributed by atoms with van der Waals surface area (Å²) in [6.07, 6.45) is 0. The molecule has 3 aromatic rings. The van der Waals surface area contributed by atoms with Gasteiger partial charge in [0.1, 0.15) is 29.7 Å². The number of rotatable bonds is 11. The van der Waals surface area contributed by atoms with E-state index in [1.807, 2.05) is 13.8 Å². The number of likely N-dealkylation sites (tertiary alicyclic amines) is 1. The molecular formula is C31H32FNO6. The highest BCUT2D eigenvalue weighted by Gasteiger charge is 2.45. The van der Waals surface area contributed by atoms with Gasteiger partial charge in [-0.25, -0.2) is 4.39 Å². The van der Waals surface area contributed by atoms with Crippen LogP contribution < -0.4 is 9.47 Å². The van der Waals surface area contributed by atoms with Gasteiger partial charge < -0.3 is 24.2 Å². The highest BCUT2D eigenvalue weighted by atomic mass is 19.1. The number of Topliss-reactive ketones (excluding diaryl/α,β-unsaturated/α-hetero) is 1. The fourth-order valence-corrected chi connectivity index (χ4v) is 4.29. The molecule has 0 bridgehead atoms. The van der Waals surface area contributed by atoms with E-state index in [4.69, 9.17) is 14.2 Å². The first-order chi connectivity index (χ1) is 18.8. The Morgan fingerprint density at radius 2 is 1.69 bits per heavy atom. The molecule has 7 nitrogen and oxygen atoms in total. The fraction of sp³-hybridized carbons (Fsp3) is 0.290. The number of nitrogens with zero attached hydrogens (tertiary/aromatic N) is 1. The van der Waals surface area contributed by atoms with Crippen molar-refractivity contribution in [3.05, 3.63) is 101 Å². The van der Waals surface area contributed by atoms with Gasteiger partial charge in [0.2, 0.25) is 0 Å². The number of amides is 1. The minimum absolute atomic E-state index is 0.00269. The normalized spacial score (nSPS) is 16.6. The van der Waals surface area contributed by atoms with Gasteiger partial charge in [-0.1, -0.05) is 50.2 Å². The Morgan fingerprint density at radius 3 is 2.36 bits per heavy atom. The second-order valence-corrected chi connectivity index (χ2v) is 9.70. The molecule has 1 unspecified atom stereocenters. The molecule has 0 spiro atoms. The predicted molar refractivity (Wildman–Crippen MR) is 145 cm³/mol. The lowest BCUT2D eigenvalue weighted by atomic mass is 9.95. The topological polar surface area (TPSA) is 85.3 Å². The number of halogens is 1. The van der Waals surface area contributed by atoms with Crippen LogP contribution in [-0.2, 0) is 20.9 Å². The van der Waals surface area contributed by atoms with Crippen molar-refractivity contribution in [3.8, 4) is 11.5 Å². The van der Waals surface area contributed by atoms with E-state index in [-0.39, 0.29) is 36.9 Å². The van der Waals surface area contributed by atoms with Crippen LogP contribution in [0.2, 0.25) is 0 Å². The number of carbonyl (C=O) groups excluding carboxylic acids is 2. The van der Waals surface area contributed by atoms with Crippen LogP contribution in [0.5, 0.6) is 11.5 Å². The smallest absolute Gasteiger partial charge is 0.295 e. The first-order valence-electron chi connectivity index (χ1n) is 12.8. The average molecular weight is 534 g/mol. The Hall–Kier alpha value is -4.17. The number of ether oxygens (including phenoxy) is 3. The van der Waals surface area contributed by atoms with Crippen LogP contribution in [0, 0.1) is 11.7 Å². The minimum Gasteiger partial charge on any atom is -0.507 e. The Morgan fingerprint density at radius 1 is 0.974 bits per heavy atom. The van der Waals surface area contributed by atoms with Gasteiger partial charge in [-0.2, -0.15) is 0 Å². The van der Waals surface area contributed by atoms with Crippen molar-refractivity contribution in [1.82, 2.24) is 4.90 Å². The summed E-state index contributed by atoms with van der Waals surface area (Å²) >= 11 is 0. The van der Waals surface area contributed by atoms with Crippen LogP contribution in [0.15, 0.2) is 78.4 Å². The summed E-state index contributed by atoms with van der Waals surface area (Å²) in [4.78, 5) is 27.6. The van der Waals surface area contributed by atoms with Gasteiger partial charge in [-0.3, -0.25) is 9.59 Å². The van der Waals surface area contributed by atoms with Gasteiger partial charge in [0.25, 0.3) is 11.7 Å². The standard InChI is InChI=1S/C31H32FNO6/c1-20(2)18-38-26-6-4-5-23(17-26)29(34)27-28(33(15-16-37-3)31(36)30(27)35)22-9-13-25(14-10-22)39-19-21-7-11-24(32)12-8-21/h4-14,17,20,28,34H,15-16,18-19H2,1-3H3/b29-27-. The molecule has 0 aromatic heterocycles. The maximum absolute atomic E-state index is 13.2. The monoisotopic (exact) mass is 533 g/mol. The number of carbonyl (C=O) groups is 2. The molecule has 39 heavy (non-hydrogen) atoms. The van der Waals surface area contributed by atoms with Crippen LogP contribution in [-0.4, -0.2) is 48.6 Å². The fourth-order valence-electron chi connectivity index (χ4n) is 4.29. The van der Waals surface area contributed by atoms with E-state index in [0.29, 0.717) is 35.2 Å². The maximum Gasteiger partial charge on any atom is 0.295 e. The van der Waals surface area contributed by atoms with Gasteiger partial charge in [-0.05, 0) is 53.4 Å². The van der Waals surface area contributed by atoms with Crippen LogP contribution >= 0.6 is 0 Å². The van der Waals surface area contributed by atoms with E-state index < -0.39 is 17.7 Å². The number of ketones is 1. The van der Waals surface area contributed by atoms with Gasteiger partial charge in [-0.15, -0.1) is 0 Å². The van der Waals surface area contributed by atoms with Gasteiger partial charge in [0.15, 0.2) is 0 Å². The summed E-state index contributed by atoms with van der Waals surface area (Å²) in [6, 6.07) is 19.0. The van der Waals surface area contributed by atoms with Crippen molar-refractivity contribution in [2.45, 2.75) is 26.5 Å². The number of aliphatic hydroxyl groups excluding tert-OH is 1. The lowest BCUT2D eigenvalue weighted by Crippen LogP contribution is -2.32. The molecule has 1 aliphatic rings. The quantitative estimate of drug-likeness (QED) is 0.199. The zero-order valence-corrected chi connectivity index (χ0v) is 22.2. The first-order valence-corrected chi connectivity index (χ1v) is 12.8. The van der Waals surface area contributed by atoms with Crippen molar-refractivity contribution >= 4 is 17.4 Å². The zero-order valence-electron chi connectivity index (χ0n) is 22.2. The molecule has 0 radical (unpaired) electrons. The van der Waals surface area contributed by atoms with E-state index in [2.05, 4.69) is 0 Å². The van der Waals surface area contributed by atoms with Gasteiger partial charge in [0.05, 0.1) is 24.8 Å². The molecule has 1 aliphatic heterocycles. The SMILES string of the molecule is COCCN1C(=O)C(=O)/C(=C(\O)c2cccc(OCC(C)C)c2)C1c1ccc(OCc2ccc(F)cc2)cc1. The van der Waals surface area contributed by atoms with Crippen LogP contribution in [0.4, 0.5) is 4.39 Å². The molecule has 1 N–H and O–H groups in total. The Kier molecular flexibility index (Phi) is 8.99. The number of hydrogen-bond acceptors (Lipinski definition) is 6. The van der Waals surface area contributed by atoms with E-state index in [9.17, 15) is 19.1 Å². The third-order valence-electron chi connectivity index (χ3n) is 6.28. The number of benzene rings is 3. The molecular weight excluding hydrogens is 501 g/mol. The third-order valence-corrected chi connectivity index (χ3v) is 6.28. The van der Waals surface area contributed by atoms with Crippen molar-refractivity contribution in [2.75, 3.05) is 26.9 Å². The molecule has 4 rings (SSSR count). The minimum atomic E-state index is -0.813. The molecule has 1 atom stereocenters. The van der Waals surface area contributed by atoms with Crippen LogP contribution in [0.1, 0.15) is 36.6 Å². The van der Waals surface area contributed by atoms with Crippen molar-refractivity contribution < 1.29 is 33.3 Å². The van der Waals surface area contributed by atoms with E-state index in [0.717, 1.165) is 5.56 Å². The molecule has 1 fully saturated rings. The number of hydrogen-bond donors (Lipinski definition) is 1. The summed E-state index contributed by atoms with van der Waals surface area (Å²) in [6.45, 7) is 5.21. The maximum atomic E-state index is 13.2. The Balaban J connectivity index is 1.65. The summed E-state index contributed by atoms with van der Waals surface area (Å²) < 4.78 is 29.9. The van der Waals surface area contributed by atoms with Gasteiger partial charge >= 0.3 is 0 Å². The molecule has 1 amide bonds. The Labute approximate surface area is 227 Å². The lowest BCUT2D eigenvalue weighted by Gasteiger charge is -2.25. The largest absolute Gasteiger partial charge is 0.507 e. The Bertz CT molecular complexity index is 1330. The van der Waals surface area contributed by atoms with Crippen molar-refractivity contribution in [3.63, 3.8) is 0 Å². The molecule has 0 aliphatic carbocycles. The molecule has 8 heteroatoms. The third kappa shape index (κ3) is 6.64. The van der Waals surface area contributed by atoms with Crippen molar-refractivity contribution in [1.29, 1.82) is 0 Å². The highest BCUT2D eigenvalue weighted by Crippen LogP contribution is 2.40. The van der Waals surface area contributed by atoms with E-state index >= 15 is 0 Å². The van der Waals surface area contributed by atoms with Crippen LogP contribution in [0.25, 0.3) is 5.76 Å². The van der Waals surface area contributed by atoms with Crippen molar-refractivity contribution in [2.24, 2.45) is 5.92 Å². The number of aliphatic hydroxyl groups is 1. The summed E-state index contributed by atoms with van der Waals surface area (Å²) in [5, 5.41) is 11.3. The summed E-state index contributed by atoms with van der Waals surface area (Å²) in [7, 11) is 1.52. The highest BCUT2D eigenvalue weighted by molar-refractivity contribution is 6.46. The summed E-state index contributed by atoms with van der Waals surface area (Å²) in [5.74, 6) is -0.627. The molecule has 1 heterocycles. The molecule has 3 aromatic carbocycles. The molecule has 1 saturated heterocycles. The number of methoxy groups -OCH3 is 1. The summed E-state index contributed by atoms with van der Waals surface area (Å²) in [5.41, 5.74) is 1.82. The second-order valence-electron chi connectivity index (χ2n) is 9.70.